The summed E-state index contributed by atoms with van der Waals surface area (Å²) >= 11 is 0.695. The van der Waals surface area contributed by atoms with Gasteiger partial charge in [-0.15, -0.1) is 0 Å². The van der Waals surface area contributed by atoms with Crippen molar-refractivity contribution in [1.82, 2.24) is 9.71 Å². The molecule has 0 aliphatic heterocycles. The average Bonchev–Trinajstić information content (AvgIpc) is 2.68. The molecular formula is C11H12N2O3S2. The Morgan fingerprint density at radius 2 is 1.94 bits per heavy atom. The number of benzene rings is 1. The van der Waals surface area contributed by atoms with Crippen LogP contribution in [-0.2, 0) is 16.6 Å². The third-order valence-electron chi connectivity index (χ3n) is 2.33. The molecule has 0 fully saturated rings. The van der Waals surface area contributed by atoms with Crippen LogP contribution in [0.3, 0.4) is 0 Å². The van der Waals surface area contributed by atoms with Gasteiger partial charge in [-0.2, -0.15) is 0 Å². The minimum absolute atomic E-state index is 0.0448. The van der Waals surface area contributed by atoms with Gasteiger partial charge >= 0.3 is 4.87 Å². The molecule has 0 bridgehead atoms. The lowest BCUT2D eigenvalue weighted by molar-refractivity contribution is 0.582. The van der Waals surface area contributed by atoms with Gasteiger partial charge in [-0.25, -0.2) is 13.1 Å². The van der Waals surface area contributed by atoms with Crippen molar-refractivity contribution in [1.29, 1.82) is 0 Å². The smallest absolute Gasteiger partial charge is 0.305 e. The maximum Gasteiger partial charge on any atom is 0.305 e. The summed E-state index contributed by atoms with van der Waals surface area (Å²) in [5.41, 5.74) is 1.23. The van der Waals surface area contributed by atoms with Crippen LogP contribution in [0.15, 0.2) is 39.3 Å². The van der Waals surface area contributed by atoms with Crippen LogP contribution >= 0.6 is 11.3 Å². The summed E-state index contributed by atoms with van der Waals surface area (Å²) < 4.78 is 26.5. The van der Waals surface area contributed by atoms with Crippen molar-refractivity contribution in [3.63, 3.8) is 0 Å². The number of aromatic nitrogens is 1. The average molecular weight is 284 g/mol. The van der Waals surface area contributed by atoms with Gasteiger partial charge in [0.1, 0.15) is 0 Å². The van der Waals surface area contributed by atoms with Crippen molar-refractivity contribution < 1.29 is 8.42 Å². The first-order valence-corrected chi connectivity index (χ1v) is 7.52. The molecular weight excluding hydrogens is 272 g/mol. The van der Waals surface area contributed by atoms with Crippen LogP contribution < -0.4 is 9.60 Å². The first kappa shape index (κ1) is 13.0. The van der Waals surface area contributed by atoms with Crippen LogP contribution in [-0.4, -0.2) is 13.4 Å². The van der Waals surface area contributed by atoms with Crippen molar-refractivity contribution in [2.24, 2.45) is 0 Å². The van der Waals surface area contributed by atoms with Crippen molar-refractivity contribution in [3.05, 3.63) is 51.3 Å². The van der Waals surface area contributed by atoms with E-state index in [0.29, 0.717) is 17.0 Å². The molecule has 0 radical (unpaired) electrons. The lowest BCUT2D eigenvalue weighted by Gasteiger charge is -2.05. The Labute approximate surface area is 109 Å². The Morgan fingerprint density at radius 3 is 2.50 bits per heavy atom. The molecule has 18 heavy (non-hydrogen) atoms. The zero-order valence-electron chi connectivity index (χ0n) is 9.64. The Morgan fingerprint density at radius 1 is 1.28 bits per heavy atom. The van der Waals surface area contributed by atoms with Gasteiger partial charge in [-0.05, 0) is 12.5 Å². The van der Waals surface area contributed by atoms with Crippen LogP contribution in [0.4, 0.5) is 0 Å². The van der Waals surface area contributed by atoms with E-state index in [1.165, 1.54) is 0 Å². The summed E-state index contributed by atoms with van der Waals surface area (Å²) in [5.74, 6) is 0. The Bertz CT molecular complexity index is 687. The van der Waals surface area contributed by atoms with Crippen molar-refractivity contribution in [2.45, 2.75) is 17.7 Å². The molecule has 1 aromatic carbocycles. The molecule has 0 aliphatic rings. The molecule has 0 spiro atoms. The molecule has 7 heteroatoms. The number of hydrogen-bond acceptors (Lipinski definition) is 4. The third-order valence-corrected chi connectivity index (χ3v) is 5.34. The van der Waals surface area contributed by atoms with Crippen LogP contribution in [0.25, 0.3) is 0 Å². The fourth-order valence-corrected chi connectivity index (χ4v) is 3.85. The summed E-state index contributed by atoms with van der Waals surface area (Å²) in [7, 11) is -3.63. The second kappa shape index (κ2) is 5.05. The van der Waals surface area contributed by atoms with Crippen molar-refractivity contribution in [2.75, 3.05) is 0 Å². The number of aromatic amines is 1. The van der Waals surface area contributed by atoms with E-state index in [0.717, 1.165) is 5.56 Å². The predicted octanol–water partition coefficient (Wildman–Crippen LogP) is 1.22. The molecule has 96 valence electrons. The molecule has 0 saturated carbocycles. The zero-order valence-corrected chi connectivity index (χ0v) is 11.3. The van der Waals surface area contributed by atoms with E-state index in [2.05, 4.69) is 9.71 Å². The number of thiazole rings is 1. The fraction of sp³-hybridized carbons (Fsp3) is 0.182. The van der Waals surface area contributed by atoms with E-state index in [1.54, 1.807) is 6.92 Å². The maximum absolute atomic E-state index is 12.0. The first-order valence-electron chi connectivity index (χ1n) is 5.22. The molecule has 1 aromatic heterocycles. The van der Waals surface area contributed by atoms with E-state index >= 15 is 0 Å². The van der Waals surface area contributed by atoms with Gasteiger partial charge in [-0.1, -0.05) is 41.7 Å². The van der Waals surface area contributed by atoms with Crippen LogP contribution in [0, 0.1) is 6.92 Å². The van der Waals surface area contributed by atoms with Crippen molar-refractivity contribution >= 4 is 21.4 Å². The first-order chi connectivity index (χ1) is 8.49. The lowest BCUT2D eigenvalue weighted by Crippen LogP contribution is -2.23. The summed E-state index contributed by atoms with van der Waals surface area (Å²) in [4.78, 5) is 13.2. The van der Waals surface area contributed by atoms with Gasteiger partial charge in [-0.3, -0.25) is 4.79 Å². The summed E-state index contributed by atoms with van der Waals surface area (Å²) in [5, 5.41) is 0. The third kappa shape index (κ3) is 2.87. The number of rotatable bonds is 4. The molecule has 0 unspecified atom stereocenters. The van der Waals surface area contributed by atoms with E-state index in [-0.39, 0.29) is 15.6 Å². The largest absolute Gasteiger partial charge is 0.315 e. The lowest BCUT2D eigenvalue weighted by atomic mass is 10.2. The monoisotopic (exact) mass is 284 g/mol. The van der Waals surface area contributed by atoms with E-state index < -0.39 is 10.0 Å². The molecule has 2 rings (SSSR count). The molecule has 1 heterocycles. The number of nitrogens with one attached hydrogen (secondary N) is 2. The highest BCUT2D eigenvalue weighted by molar-refractivity contribution is 7.91. The minimum atomic E-state index is -3.63. The zero-order chi connectivity index (χ0) is 13.2. The predicted molar refractivity (Wildman–Crippen MR) is 70.1 cm³/mol. The topological polar surface area (TPSA) is 79.0 Å². The molecule has 5 nitrogen and oxygen atoms in total. The van der Waals surface area contributed by atoms with E-state index in [9.17, 15) is 13.2 Å². The van der Waals surface area contributed by atoms with Crippen LogP contribution in [0.1, 0.15) is 11.3 Å². The number of H-pyrrole nitrogens is 1. The quantitative estimate of drug-likeness (QED) is 0.886. The van der Waals surface area contributed by atoms with Gasteiger partial charge in [0, 0.05) is 12.2 Å². The normalized spacial score (nSPS) is 11.6. The highest BCUT2D eigenvalue weighted by atomic mass is 32.2. The second-order valence-corrected chi connectivity index (χ2v) is 6.68. The maximum atomic E-state index is 12.0. The van der Waals surface area contributed by atoms with E-state index in [1.807, 2.05) is 30.3 Å². The van der Waals surface area contributed by atoms with Crippen molar-refractivity contribution in [3.8, 4) is 0 Å². The van der Waals surface area contributed by atoms with Gasteiger partial charge in [0.05, 0.1) is 0 Å². The van der Waals surface area contributed by atoms with Gasteiger partial charge in [0.15, 0.2) is 4.21 Å². The van der Waals surface area contributed by atoms with Gasteiger partial charge in [0.2, 0.25) is 0 Å². The molecule has 2 N–H and O–H groups in total. The van der Waals surface area contributed by atoms with Crippen LogP contribution in [0.2, 0.25) is 0 Å². The Balaban J connectivity index is 2.18. The summed E-state index contributed by atoms with van der Waals surface area (Å²) in [6, 6.07) is 9.19. The Kier molecular flexibility index (Phi) is 3.65. The molecule has 0 saturated heterocycles. The summed E-state index contributed by atoms with van der Waals surface area (Å²) in [6.45, 7) is 1.77. The summed E-state index contributed by atoms with van der Waals surface area (Å²) in [6.07, 6.45) is 0. The molecule has 0 atom stereocenters. The SMILES string of the molecule is Cc1[nH]c(=O)sc1S(=O)(=O)NCc1ccccc1. The second-order valence-electron chi connectivity index (χ2n) is 3.74. The van der Waals surface area contributed by atoms with Crippen LogP contribution in [0.5, 0.6) is 0 Å². The molecule has 0 aliphatic carbocycles. The minimum Gasteiger partial charge on any atom is -0.315 e. The number of hydrogen-bond donors (Lipinski definition) is 2. The number of sulfonamides is 1. The standard InChI is InChI=1S/C11H12N2O3S2/c1-8-10(17-11(14)13-8)18(15,16)12-7-9-5-3-2-4-6-9/h2-6,12H,7H2,1H3,(H,13,14). The van der Waals surface area contributed by atoms with E-state index in [4.69, 9.17) is 0 Å². The highest BCUT2D eigenvalue weighted by Crippen LogP contribution is 2.15. The Hall–Kier alpha value is -1.44. The van der Waals surface area contributed by atoms with Gasteiger partial charge < -0.3 is 4.98 Å². The van der Waals surface area contributed by atoms with Gasteiger partial charge in [0.25, 0.3) is 10.0 Å². The fourth-order valence-electron chi connectivity index (χ4n) is 1.49. The molecule has 0 amide bonds. The number of aryl methyl sites for hydroxylation is 1. The molecule has 2 aromatic rings. The highest BCUT2D eigenvalue weighted by Gasteiger charge is 2.19.